The van der Waals surface area contributed by atoms with E-state index < -0.39 is 4.92 Å². The summed E-state index contributed by atoms with van der Waals surface area (Å²) >= 11 is 1.18. The van der Waals surface area contributed by atoms with E-state index in [4.69, 9.17) is 0 Å². The van der Waals surface area contributed by atoms with Gasteiger partial charge in [-0.3, -0.25) is 14.9 Å². The highest BCUT2D eigenvalue weighted by Crippen LogP contribution is 2.36. The number of rotatable bonds is 5. The molecule has 0 saturated carbocycles. The van der Waals surface area contributed by atoms with Gasteiger partial charge in [0.2, 0.25) is 0 Å². The van der Waals surface area contributed by atoms with Crippen molar-refractivity contribution < 1.29 is 10.0 Å². The molecule has 0 unspecified atom stereocenters. The Labute approximate surface area is 147 Å². The van der Waals surface area contributed by atoms with Crippen molar-refractivity contribution in [3.05, 3.63) is 50.7 Å². The first-order valence-corrected chi connectivity index (χ1v) is 8.45. The molecule has 0 aliphatic rings. The predicted octanol–water partition coefficient (Wildman–Crippen LogP) is 3.00. The number of nitro groups is 1. The van der Waals surface area contributed by atoms with Crippen LogP contribution >= 0.6 is 11.3 Å². The number of aromatic hydroxyl groups is 1. The first kappa shape index (κ1) is 17.1. The summed E-state index contributed by atoms with van der Waals surface area (Å²) in [6, 6.07) is 7.46. The molecule has 3 rings (SSSR count). The zero-order valence-corrected chi connectivity index (χ0v) is 14.6. The Kier molecular flexibility index (Phi) is 4.56. The van der Waals surface area contributed by atoms with Crippen LogP contribution in [0.25, 0.3) is 20.2 Å². The third-order valence-corrected chi connectivity index (χ3v) is 5.05. The van der Waals surface area contributed by atoms with E-state index in [-0.39, 0.29) is 22.3 Å². The molecule has 0 fully saturated rings. The fourth-order valence-corrected chi connectivity index (χ4v) is 3.80. The number of hydrogen-bond acceptors (Lipinski definition) is 7. The first-order valence-electron chi connectivity index (χ1n) is 7.64. The van der Waals surface area contributed by atoms with Crippen molar-refractivity contribution in [2.24, 2.45) is 0 Å². The molecule has 7 nitrogen and oxygen atoms in total. The number of non-ortho nitro benzene ring substituents is 1. The smallest absolute Gasteiger partial charge is 0.287 e. The van der Waals surface area contributed by atoms with Gasteiger partial charge in [-0.1, -0.05) is 0 Å². The van der Waals surface area contributed by atoms with Gasteiger partial charge in [-0.25, -0.2) is 0 Å². The summed E-state index contributed by atoms with van der Waals surface area (Å²) < 4.78 is 0.937. The Hall–Kier alpha value is -2.71. The SMILES string of the molecule is CN(C)CCNc1ccc([N+](=O)[O-])c2sc3ccc(O)cc3c(=O)c12. The minimum atomic E-state index is -0.478. The van der Waals surface area contributed by atoms with Crippen molar-refractivity contribution in [2.75, 3.05) is 32.5 Å². The van der Waals surface area contributed by atoms with Gasteiger partial charge in [0.25, 0.3) is 5.69 Å². The summed E-state index contributed by atoms with van der Waals surface area (Å²) in [5, 5.41) is 24.9. The topological polar surface area (TPSA) is 95.7 Å². The van der Waals surface area contributed by atoms with Crippen LogP contribution in [0.15, 0.2) is 35.1 Å². The molecule has 130 valence electrons. The predicted molar refractivity (Wildman–Crippen MR) is 101 cm³/mol. The maximum Gasteiger partial charge on any atom is 0.287 e. The quantitative estimate of drug-likeness (QED) is 0.413. The number of phenolic OH excluding ortho intramolecular Hbond substituents is 1. The fourth-order valence-electron chi connectivity index (χ4n) is 2.63. The number of benzene rings is 2. The second-order valence-electron chi connectivity index (χ2n) is 5.94. The standard InChI is InChI=1S/C17H17N3O4S/c1-19(2)8-7-18-12-4-5-13(20(23)24)17-15(12)16(22)11-9-10(21)3-6-14(11)25-17/h3-6,9,18,21H,7-8H2,1-2H3. The molecule has 0 atom stereocenters. The van der Waals surface area contributed by atoms with Gasteiger partial charge >= 0.3 is 0 Å². The van der Waals surface area contributed by atoms with E-state index in [1.165, 1.54) is 29.5 Å². The van der Waals surface area contributed by atoms with Gasteiger partial charge in [0.05, 0.1) is 10.3 Å². The summed E-state index contributed by atoms with van der Waals surface area (Å²) in [5.41, 5.74) is 0.148. The molecule has 1 heterocycles. The van der Waals surface area contributed by atoms with Crippen molar-refractivity contribution in [3.63, 3.8) is 0 Å². The number of phenols is 1. The highest BCUT2D eigenvalue weighted by Gasteiger charge is 2.19. The maximum absolute atomic E-state index is 13.0. The number of fused-ring (bicyclic) bond motifs is 2. The minimum Gasteiger partial charge on any atom is -0.508 e. The van der Waals surface area contributed by atoms with Gasteiger partial charge < -0.3 is 15.3 Å². The van der Waals surface area contributed by atoms with Crippen molar-refractivity contribution in [1.29, 1.82) is 0 Å². The lowest BCUT2D eigenvalue weighted by Gasteiger charge is -2.13. The highest BCUT2D eigenvalue weighted by molar-refractivity contribution is 7.25. The Morgan fingerprint density at radius 3 is 2.72 bits per heavy atom. The molecule has 2 N–H and O–H groups in total. The first-order chi connectivity index (χ1) is 11.9. The highest BCUT2D eigenvalue weighted by atomic mass is 32.1. The van der Waals surface area contributed by atoms with E-state index >= 15 is 0 Å². The van der Waals surface area contributed by atoms with E-state index in [1.54, 1.807) is 12.1 Å². The Morgan fingerprint density at radius 1 is 1.28 bits per heavy atom. The summed E-state index contributed by atoms with van der Waals surface area (Å²) in [5.74, 6) is -0.0105. The molecule has 25 heavy (non-hydrogen) atoms. The largest absolute Gasteiger partial charge is 0.508 e. The van der Waals surface area contributed by atoms with E-state index in [0.29, 0.717) is 27.0 Å². The normalized spacial score (nSPS) is 11.3. The Bertz CT molecular complexity index is 1030. The van der Waals surface area contributed by atoms with Crippen LogP contribution in [-0.2, 0) is 0 Å². The molecule has 0 spiro atoms. The van der Waals surface area contributed by atoms with E-state index in [2.05, 4.69) is 5.32 Å². The second kappa shape index (κ2) is 6.66. The number of nitrogens with one attached hydrogen (secondary N) is 1. The van der Waals surface area contributed by atoms with Crippen LogP contribution in [0.5, 0.6) is 5.75 Å². The Morgan fingerprint density at radius 2 is 2.04 bits per heavy atom. The molecule has 0 bridgehead atoms. The number of likely N-dealkylation sites (N-methyl/N-ethyl adjacent to an activating group) is 1. The van der Waals surface area contributed by atoms with Gasteiger partial charge in [0.15, 0.2) is 5.43 Å². The average molecular weight is 359 g/mol. The molecule has 8 heteroatoms. The van der Waals surface area contributed by atoms with Crippen molar-refractivity contribution in [1.82, 2.24) is 4.90 Å². The van der Waals surface area contributed by atoms with Gasteiger partial charge in [-0.2, -0.15) is 0 Å². The molecule has 0 saturated heterocycles. The lowest BCUT2D eigenvalue weighted by atomic mass is 10.1. The summed E-state index contributed by atoms with van der Waals surface area (Å²) in [4.78, 5) is 25.8. The molecule has 0 aliphatic carbocycles. The van der Waals surface area contributed by atoms with Crippen molar-refractivity contribution >= 4 is 42.9 Å². The third kappa shape index (κ3) is 3.26. The maximum atomic E-state index is 13.0. The van der Waals surface area contributed by atoms with E-state index in [0.717, 1.165) is 6.54 Å². The zero-order chi connectivity index (χ0) is 18.1. The molecular weight excluding hydrogens is 342 g/mol. The number of hydrogen-bond donors (Lipinski definition) is 2. The third-order valence-electron chi connectivity index (χ3n) is 3.85. The van der Waals surface area contributed by atoms with Crippen LogP contribution in [-0.4, -0.2) is 42.1 Å². The van der Waals surface area contributed by atoms with Gasteiger partial charge in [0, 0.05) is 34.9 Å². The Balaban J connectivity index is 2.29. The van der Waals surface area contributed by atoms with Crippen LogP contribution in [0.1, 0.15) is 0 Å². The number of nitro benzene ring substituents is 1. The molecule has 2 aromatic carbocycles. The molecule has 0 radical (unpaired) electrons. The fraction of sp³-hybridized carbons (Fsp3) is 0.235. The van der Waals surface area contributed by atoms with Crippen molar-refractivity contribution in [2.45, 2.75) is 0 Å². The minimum absolute atomic E-state index is 0.0105. The molecule has 1 aromatic heterocycles. The number of anilines is 1. The zero-order valence-electron chi connectivity index (χ0n) is 13.8. The molecular formula is C17H17N3O4S. The van der Waals surface area contributed by atoms with Crippen LogP contribution in [0.2, 0.25) is 0 Å². The van der Waals surface area contributed by atoms with Gasteiger partial charge in [-0.05, 0) is 38.4 Å². The molecule has 0 amide bonds. The van der Waals surface area contributed by atoms with Crippen LogP contribution in [0, 0.1) is 10.1 Å². The second-order valence-corrected chi connectivity index (χ2v) is 6.99. The summed E-state index contributed by atoms with van der Waals surface area (Å²) in [7, 11) is 3.88. The van der Waals surface area contributed by atoms with Crippen LogP contribution < -0.4 is 10.7 Å². The van der Waals surface area contributed by atoms with Crippen LogP contribution in [0.3, 0.4) is 0 Å². The molecule has 3 aromatic rings. The monoisotopic (exact) mass is 359 g/mol. The number of nitrogens with zero attached hydrogens (tertiary/aromatic N) is 2. The lowest BCUT2D eigenvalue weighted by Crippen LogP contribution is -2.21. The summed E-state index contributed by atoms with van der Waals surface area (Å²) in [6.45, 7) is 1.35. The van der Waals surface area contributed by atoms with Gasteiger partial charge in [-0.15, -0.1) is 11.3 Å². The average Bonchev–Trinajstić information content (AvgIpc) is 2.55. The lowest BCUT2D eigenvalue weighted by molar-refractivity contribution is -0.382. The molecule has 0 aliphatic heterocycles. The van der Waals surface area contributed by atoms with E-state index in [1.807, 2.05) is 19.0 Å². The summed E-state index contributed by atoms with van der Waals surface area (Å²) in [6.07, 6.45) is 0. The van der Waals surface area contributed by atoms with Crippen molar-refractivity contribution in [3.8, 4) is 5.75 Å². The van der Waals surface area contributed by atoms with Crippen LogP contribution in [0.4, 0.5) is 11.4 Å². The van der Waals surface area contributed by atoms with E-state index in [9.17, 15) is 20.0 Å². The van der Waals surface area contributed by atoms with Gasteiger partial charge in [0.1, 0.15) is 10.4 Å².